The molecule has 1 aliphatic heterocycles. The Labute approximate surface area is 174 Å². The van der Waals surface area contributed by atoms with Crippen LogP contribution in [0.4, 0.5) is 18.9 Å². The van der Waals surface area contributed by atoms with Crippen molar-refractivity contribution in [3.8, 4) is 0 Å². The smallest absolute Gasteiger partial charge is 0.416 e. The zero-order valence-corrected chi connectivity index (χ0v) is 17.3. The van der Waals surface area contributed by atoms with Gasteiger partial charge in [-0.25, -0.2) is 4.79 Å². The maximum Gasteiger partial charge on any atom is 0.416 e. The van der Waals surface area contributed by atoms with Gasteiger partial charge in [-0.05, 0) is 39.1 Å². The number of hydrogen-bond donors (Lipinski definition) is 1. The average Bonchev–Trinajstić information content (AvgIpc) is 2.71. The van der Waals surface area contributed by atoms with Crippen LogP contribution >= 0.6 is 0 Å². The molecular formula is C21H27F3N4O2. The van der Waals surface area contributed by atoms with Gasteiger partial charge in [-0.2, -0.15) is 13.2 Å². The number of piperazine rings is 1. The fourth-order valence-electron chi connectivity index (χ4n) is 3.51. The minimum atomic E-state index is -4.45. The molecule has 0 unspecified atom stereocenters. The fraction of sp³-hybridized carbons (Fsp3) is 0.524. The second-order valence-electron chi connectivity index (χ2n) is 7.42. The van der Waals surface area contributed by atoms with Crippen LogP contribution < -0.4 is 5.32 Å². The van der Waals surface area contributed by atoms with Gasteiger partial charge in [-0.1, -0.05) is 6.07 Å². The van der Waals surface area contributed by atoms with E-state index in [1.54, 1.807) is 6.92 Å². The van der Waals surface area contributed by atoms with Crippen molar-refractivity contribution in [3.05, 3.63) is 35.5 Å². The van der Waals surface area contributed by atoms with Gasteiger partial charge in [0.05, 0.1) is 23.4 Å². The van der Waals surface area contributed by atoms with Gasteiger partial charge in [0, 0.05) is 44.3 Å². The van der Waals surface area contributed by atoms with E-state index >= 15 is 0 Å². The van der Waals surface area contributed by atoms with E-state index in [1.807, 2.05) is 0 Å². The quantitative estimate of drug-likeness (QED) is 0.543. The van der Waals surface area contributed by atoms with Gasteiger partial charge in [-0.3, -0.25) is 4.98 Å². The second-order valence-corrected chi connectivity index (χ2v) is 7.42. The van der Waals surface area contributed by atoms with Crippen LogP contribution in [0.3, 0.4) is 0 Å². The third-order valence-electron chi connectivity index (χ3n) is 5.24. The summed E-state index contributed by atoms with van der Waals surface area (Å²) in [5.41, 5.74) is 0.0982. The predicted octanol–water partition coefficient (Wildman–Crippen LogP) is 3.48. The number of esters is 1. The topological polar surface area (TPSA) is 57.7 Å². The summed E-state index contributed by atoms with van der Waals surface area (Å²) in [7, 11) is 2.11. The number of alkyl halides is 3. The van der Waals surface area contributed by atoms with Crippen LogP contribution in [0, 0.1) is 0 Å². The number of halogens is 3. The normalized spacial score (nSPS) is 16.0. The van der Waals surface area contributed by atoms with E-state index in [0.29, 0.717) is 17.6 Å². The number of likely N-dealkylation sites (N-methyl/N-ethyl adjacent to an activating group) is 1. The largest absolute Gasteiger partial charge is 0.462 e. The van der Waals surface area contributed by atoms with Crippen LogP contribution in [0.5, 0.6) is 0 Å². The SMILES string of the molecule is CCOC(=O)c1cnc2cc(C(F)(F)F)ccc2c1NCCCN1CCN(C)CC1. The Balaban J connectivity index is 1.78. The molecule has 1 aromatic carbocycles. The number of rotatable bonds is 7. The molecule has 2 heterocycles. The molecule has 3 rings (SSSR count). The van der Waals surface area contributed by atoms with E-state index in [2.05, 4.69) is 27.1 Å². The van der Waals surface area contributed by atoms with Gasteiger partial charge < -0.3 is 19.9 Å². The lowest BCUT2D eigenvalue weighted by molar-refractivity contribution is -0.137. The summed E-state index contributed by atoms with van der Waals surface area (Å²) < 4.78 is 44.2. The first-order valence-electron chi connectivity index (χ1n) is 10.1. The van der Waals surface area contributed by atoms with Crippen LogP contribution in [0.1, 0.15) is 29.3 Å². The van der Waals surface area contributed by atoms with Crippen LogP contribution in [-0.2, 0) is 10.9 Å². The van der Waals surface area contributed by atoms with E-state index in [0.717, 1.165) is 51.3 Å². The summed E-state index contributed by atoms with van der Waals surface area (Å²) in [6, 6.07) is 3.37. The maximum absolute atomic E-state index is 13.0. The highest BCUT2D eigenvalue weighted by atomic mass is 19.4. The molecule has 0 bridgehead atoms. The molecule has 2 aromatic rings. The minimum Gasteiger partial charge on any atom is -0.462 e. The molecule has 1 aliphatic rings. The summed E-state index contributed by atoms with van der Waals surface area (Å²) in [4.78, 5) is 21.1. The van der Waals surface area contributed by atoms with Crippen molar-refractivity contribution >= 4 is 22.6 Å². The zero-order chi connectivity index (χ0) is 21.7. The Morgan fingerprint density at radius 3 is 2.63 bits per heavy atom. The highest BCUT2D eigenvalue weighted by molar-refractivity contribution is 6.05. The molecule has 0 saturated carbocycles. The summed E-state index contributed by atoms with van der Waals surface area (Å²) >= 11 is 0. The predicted molar refractivity (Wildman–Crippen MR) is 110 cm³/mol. The van der Waals surface area contributed by atoms with Crippen LogP contribution in [0.25, 0.3) is 10.9 Å². The highest BCUT2D eigenvalue weighted by Crippen LogP contribution is 2.34. The van der Waals surface area contributed by atoms with E-state index in [9.17, 15) is 18.0 Å². The Hall–Kier alpha value is -2.39. The Kier molecular flexibility index (Phi) is 7.14. The molecule has 1 saturated heterocycles. The third kappa shape index (κ3) is 5.40. The number of carbonyl (C=O) groups excluding carboxylic acids is 1. The molecule has 6 nitrogen and oxygen atoms in total. The number of nitrogens with zero attached hydrogens (tertiary/aromatic N) is 3. The molecule has 0 radical (unpaired) electrons. The molecule has 30 heavy (non-hydrogen) atoms. The van der Waals surface area contributed by atoms with Gasteiger partial charge in [0.25, 0.3) is 0 Å². The molecule has 0 amide bonds. The van der Waals surface area contributed by atoms with Gasteiger partial charge in [-0.15, -0.1) is 0 Å². The van der Waals surface area contributed by atoms with Crippen molar-refractivity contribution in [3.63, 3.8) is 0 Å². The monoisotopic (exact) mass is 424 g/mol. The molecule has 1 fully saturated rings. The van der Waals surface area contributed by atoms with Crippen LogP contribution in [0.2, 0.25) is 0 Å². The molecule has 1 aromatic heterocycles. The lowest BCUT2D eigenvalue weighted by Gasteiger charge is -2.32. The van der Waals surface area contributed by atoms with Crippen LogP contribution in [0.15, 0.2) is 24.4 Å². The Morgan fingerprint density at radius 1 is 1.23 bits per heavy atom. The molecular weight excluding hydrogens is 397 g/mol. The third-order valence-corrected chi connectivity index (χ3v) is 5.24. The van der Waals surface area contributed by atoms with Crippen molar-refractivity contribution in [2.45, 2.75) is 19.5 Å². The van der Waals surface area contributed by atoms with E-state index in [-0.39, 0.29) is 17.7 Å². The second kappa shape index (κ2) is 9.61. The summed E-state index contributed by atoms with van der Waals surface area (Å²) in [6.45, 7) is 7.51. The summed E-state index contributed by atoms with van der Waals surface area (Å²) in [5.74, 6) is -0.548. The lowest BCUT2D eigenvalue weighted by Crippen LogP contribution is -2.44. The number of carbonyl (C=O) groups is 1. The van der Waals surface area contributed by atoms with E-state index < -0.39 is 17.7 Å². The number of hydrogen-bond acceptors (Lipinski definition) is 6. The fourth-order valence-corrected chi connectivity index (χ4v) is 3.51. The first-order chi connectivity index (χ1) is 14.3. The number of benzene rings is 1. The number of pyridine rings is 1. The van der Waals surface area contributed by atoms with Crippen molar-refractivity contribution in [1.82, 2.24) is 14.8 Å². The van der Waals surface area contributed by atoms with E-state index in [1.165, 1.54) is 12.3 Å². The molecule has 1 N–H and O–H groups in total. The average molecular weight is 424 g/mol. The molecule has 164 valence electrons. The van der Waals surface area contributed by atoms with Crippen molar-refractivity contribution in [2.24, 2.45) is 0 Å². The Bertz CT molecular complexity index is 880. The lowest BCUT2D eigenvalue weighted by atomic mass is 10.1. The molecule has 0 aliphatic carbocycles. The first kappa shape index (κ1) is 22.3. The van der Waals surface area contributed by atoms with Crippen molar-refractivity contribution < 1.29 is 22.7 Å². The van der Waals surface area contributed by atoms with Gasteiger partial charge in [0.15, 0.2) is 0 Å². The Morgan fingerprint density at radius 2 is 1.97 bits per heavy atom. The standard InChI is InChI=1S/C21H27F3N4O2/c1-3-30-20(29)17-14-26-18-13-15(21(22,23)24)5-6-16(18)19(17)25-7-4-8-28-11-9-27(2)10-12-28/h5-6,13-14H,3-4,7-12H2,1-2H3,(H,25,26). The van der Waals surface area contributed by atoms with Gasteiger partial charge >= 0.3 is 12.1 Å². The number of aromatic nitrogens is 1. The van der Waals surface area contributed by atoms with Crippen molar-refractivity contribution in [2.75, 3.05) is 58.2 Å². The highest BCUT2D eigenvalue weighted by Gasteiger charge is 2.31. The van der Waals surface area contributed by atoms with E-state index in [4.69, 9.17) is 4.74 Å². The first-order valence-corrected chi connectivity index (χ1v) is 10.1. The maximum atomic E-state index is 13.0. The number of fused-ring (bicyclic) bond motifs is 1. The van der Waals surface area contributed by atoms with Gasteiger partial charge in [0.2, 0.25) is 0 Å². The number of anilines is 1. The van der Waals surface area contributed by atoms with Crippen molar-refractivity contribution in [1.29, 1.82) is 0 Å². The summed E-state index contributed by atoms with van der Waals surface area (Å²) in [6.07, 6.45) is -2.33. The van der Waals surface area contributed by atoms with Gasteiger partial charge in [0.1, 0.15) is 5.56 Å². The zero-order valence-electron chi connectivity index (χ0n) is 17.3. The molecule has 9 heteroatoms. The summed E-state index contributed by atoms with van der Waals surface area (Å²) in [5, 5.41) is 3.71. The minimum absolute atomic E-state index is 0.180. The molecule has 0 atom stereocenters. The number of nitrogens with one attached hydrogen (secondary N) is 1. The molecule has 0 spiro atoms. The van der Waals surface area contributed by atoms with Crippen LogP contribution in [-0.4, -0.2) is 73.7 Å². The number of ether oxygens (including phenoxy) is 1.